The lowest BCUT2D eigenvalue weighted by Gasteiger charge is -2.16. The van der Waals surface area contributed by atoms with Gasteiger partial charge in [0.1, 0.15) is 11.6 Å². The minimum atomic E-state index is -0.928. The van der Waals surface area contributed by atoms with Crippen LogP contribution in [0.1, 0.15) is 62.9 Å². The summed E-state index contributed by atoms with van der Waals surface area (Å²) in [4.78, 5) is 24.5. The summed E-state index contributed by atoms with van der Waals surface area (Å²) >= 11 is 0. The smallest absolute Gasteiger partial charge is 0.349 e. The Morgan fingerprint density at radius 1 is 1.41 bits per heavy atom. The van der Waals surface area contributed by atoms with E-state index in [1.165, 1.54) is 6.92 Å². The van der Waals surface area contributed by atoms with Gasteiger partial charge in [0.25, 0.3) is 5.91 Å². The molecule has 0 aliphatic heterocycles. The Bertz CT molecular complexity index is 764. The standard InChI is InChI=1S/C21H29N3O3/c1-5-10-24-14(2)11-17(15(24)3)12-18(13-22)21(26)27-16(4)20(25)23-19-8-6-7-9-19/h11-12,16,19H,5-10H2,1-4H3,(H,23,25)/b18-12+. The van der Waals surface area contributed by atoms with Crippen LogP contribution in [0.5, 0.6) is 0 Å². The molecule has 6 nitrogen and oxygen atoms in total. The molecule has 1 aliphatic carbocycles. The first kappa shape index (κ1) is 20.8. The van der Waals surface area contributed by atoms with E-state index >= 15 is 0 Å². The molecule has 0 spiro atoms. The third kappa shape index (κ3) is 5.22. The molecule has 1 saturated carbocycles. The summed E-state index contributed by atoms with van der Waals surface area (Å²) in [7, 11) is 0. The van der Waals surface area contributed by atoms with Crippen molar-refractivity contribution in [2.45, 2.75) is 78.5 Å². The highest BCUT2D eigenvalue weighted by molar-refractivity contribution is 5.99. The van der Waals surface area contributed by atoms with Gasteiger partial charge in [-0.05, 0) is 57.7 Å². The fourth-order valence-corrected chi connectivity index (χ4v) is 3.50. The molecule has 2 rings (SSSR count). The highest BCUT2D eigenvalue weighted by Gasteiger charge is 2.24. The molecule has 1 N–H and O–H groups in total. The topological polar surface area (TPSA) is 84.1 Å². The highest BCUT2D eigenvalue weighted by atomic mass is 16.5. The van der Waals surface area contributed by atoms with E-state index in [-0.39, 0.29) is 17.5 Å². The van der Waals surface area contributed by atoms with Gasteiger partial charge in [-0.3, -0.25) is 4.79 Å². The second-order valence-electron chi connectivity index (χ2n) is 7.19. The Morgan fingerprint density at radius 3 is 2.67 bits per heavy atom. The third-order valence-corrected chi connectivity index (χ3v) is 5.05. The van der Waals surface area contributed by atoms with Crippen LogP contribution in [-0.2, 0) is 20.9 Å². The number of nitrogens with one attached hydrogen (secondary N) is 1. The van der Waals surface area contributed by atoms with Gasteiger partial charge in [0.05, 0.1) is 0 Å². The van der Waals surface area contributed by atoms with Gasteiger partial charge in [-0.25, -0.2) is 4.79 Å². The fourth-order valence-electron chi connectivity index (χ4n) is 3.50. The molecule has 0 saturated heterocycles. The lowest BCUT2D eigenvalue weighted by atomic mass is 10.1. The monoisotopic (exact) mass is 371 g/mol. The van der Waals surface area contributed by atoms with Crippen molar-refractivity contribution in [3.63, 3.8) is 0 Å². The molecule has 146 valence electrons. The average molecular weight is 371 g/mol. The number of hydrogen-bond acceptors (Lipinski definition) is 4. The van der Waals surface area contributed by atoms with Gasteiger partial charge in [-0.1, -0.05) is 19.8 Å². The van der Waals surface area contributed by atoms with Crippen LogP contribution in [0, 0.1) is 25.2 Å². The molecule has 0 radical (unpaired) electrons. The number of ether oxygens (including phenoxy) is 1. The number of carbonyl (C=O) groups is 2. The van der Waals surface area contributed by atoms with E-state index in [0.717, 1.165) is 55.6 Å². The van der Waals surface area contributed by atoms with Crippen molar-refractivity contribution in [2.24, 2.45) is 0 Å². The predicted octanol–water partition coefficient (Wildman–Crippen LogP) is 3.41. The lowest BCUT2D eigenvalue weighted by molar-refractivity contribution is -0.151. The molecule has 1 fully saturated rings. The Labute approximate surface area is 161 Å². The van der Waals surface area contributed by atoms with Crippen LogP contribution in [-0.4, -0.2) is 28.6 Å². The van der Waals surface area contributed by atoms with Crippen LogP contribution in [0.4, 0.5) is 0 Å². The van der Waals surface area contributed by atoms with E-state index in [1.807, 2.05) is 26.0 Å². The number of nitriles is 1. The summed E-state index contributed by atoms with van der Waals surface area (Å²) in [5.41, 5.74) is 2.79. The maximum Gasteiger partial charge on any atom is 0.349 e. The van der Waals surface area contributed by atoms with Gasteiger partial charge < -0.3 is 14.6 Å². The third-order valence-electron chi connectivity index (χ3n) is 5.05. The number of nitrogens with zero attached hydrogens (tertiary/aromatic N) is 2. The van der Waals surface area contributed by atoms with E-state index in [2.05, 4.69) is 16.8 Å². The van der Waals surface area contributed by atoms with Crippen molar-refractivity contribution in [1.82, 2.24) is 9.88 Å². The summed E-state index contributed by atoms with van der Waals surface area (Å²) in [6.45, 7) is 8.48. The predicted molar refractivity (Wildman–Crippen MR) is 104 cm³/mol. The number of amides is 1. The molecule has 1 amide bonds. The quantitative estimate of drug-likeness (QED) is 0.452. The van der Waals surface area contributed by atoms with Crippen molar-refractivity contribution in [2.75, 3.05) is 0 Å². The first-order chi connectivity index (χ1) is 12.9. The lowest BCUT2D eigenvalue weighted by Crippen LogP contribution is -2.41. The molecule has 1 unspecified atom stereocenters. The van der Waals surface area contributed by atoms with Gasteiger partial charge in [-0.15, -0.1) is 0 Å². The zero-order valence-corrected chi connectivity index (χ0v) is 16.7. The van der Waals surface area contributed by atoms with Crippen molar-refractivity contribution in [1.29, 1.82) is 5.26 Å². The average Bonchev–Trinajstić information content (AvgIpc) is 3.23. The molecule has 0 bridgehead atoms. The molecule has 6 heteroatoms. The van der Waals surface area contributed by atoms with Crippen molar-refractivity contribution in [3.8, 4) is 6.07 Å². The van der Waals surface area contributed by atoms with Crippen LogP contribution in [0.15, 0.2) is 11.6 Å². The molecule has 1 aromatic heterocycles. The largest absolute Gasteiger partial charge is 0.448 e. The Kier molecular flexibility index (Phi) is 7.23. The number of aryl methyl sites for hydroxylation is 1. The second-order valence-corrected chi connectivity index (χ2v) is 7.19. The Morgan fingerprint density at radius 2 is 2.07 bits per heavy atom. The molecule has 1 heterocycles. The number of rotatable bonds is 7. The molecule has 1 atom stereocenters. The molecule has 0 aromatic carbocycles. The van der Waals surface area contributed by atoms with Crippen molar-refractivity contribution < 1.29 is 14.3 Å². The first-order valence-electron chi connectivity index (χ1n) is 9.67. The molecule has 1 aromatic rings. The summed E-state index contributed by atoms with van der Waals surface area (Å²) < 4.78 is 7.38. The van der Waals surface area contributed by atoms with Crippen molar-refractivity contribution in [3.05, 3.63) is 28.6 Å². The van der Waals surface area contributed by atoms with E-state index in [9.17, 15) is 14.9 Å². The Balaban J connectivity index is 2.06. The summed E-state index contributed by atoms with van der Waals surface area (Å²) in [6, 6.07) is 4.01. The maximum atomic E-state index is 12.4. The minimum absolute atomic E-state index is 0.104. The zero-order valence-electron chi connectivity index (χ0n) is 16.7. The first-order valence-corrected chi connectivity index (χ1v) is 9.67. The highest BCUT2D eigenvalue weighted by Crippen LogP contribution is 2.20. The molecular weight excluding hydrogens is 342 g/mol. The summed E-state index contributed by atoms with van der Waals surface area (Å²) in [5, 5.41) is 12.3. The number of aromatic nitrogens is 1. The van der Waals surface area contributed by atoms with E-state index < -0.39 is 12.1 Å². The van der Waals surface area contributed by atoms with Crippen LogP contribution in [0.3, 0.4) is 0 Å². The summed E-state index contributed by atoms with van der Waals surface area (Å²) in [6.07, 6.45) is 5.75. The van der Waals surface area contributed by atoms with E-state index in [4.69, 9.17) is 4.74 Å². The zero-order chi connectivity index (χ0) is 20.0. The van der Waals surface area contributed by atoms with E-state index in [1.54, 1.807) is 6.08 Å². The fraction of sp³-hybridized carbons (Fsp3) is 0.571. The van der Waals surface area contributed by atoms with Crippen LogP contribution >= 0.6 is 0 Å². The van der Waals surface area contributed by atoms with Gasteiger partial charge in [0.2, 0.25) is 0 Å². The number of esters is 1. The number of hydrogen-bond donors (Lipinski definition) is 1. The number of carbonyl (C=O) groups excluding carboxylic acids is 2. The SMILES string of the molecule is CCCn1c(C)cc(/C=C(\C#N)C(=O)OC(C)C(=O)NC2CCCC2)c1C. The van der Waals surface area contributed by atoms with Crippen molar-refractivity contribution >= 4 is 18.0 Å². The van der Waals surface area contributed by atoms with Crippen LogP contribution < -0.4 is 5.32 Å². The summed E-state index contributed by atoms with van der Waals surface area (Å²) in [5.74, 6) is -1.08. The van der Waals surface area contributed by atoms with E-state index in [0.29, 0.717) is 0 Å². The maximum absolute atomic E-state index is 12.4. The second kappa shape index (κ2) is 9.40. The molecular formula is C21H29N3O3. The van der Waals surface area contributed by atoms with Gasteiger partial charge >= 0.3 is 5.97 Å². The molecule has 1 aliphatic rings. The van der Waals surface area contributed by atoms with Crippen LogP contribution in [0.2, 0.25) is 0 Å². The van der Waals surface area contributed by atoms with Gasteiger partial charge in [0, 0.05) is 24.0 Å². The van der Waals surface area contributed by atoms with Crippen LogP contribution in [0.25, 0.3) is 6.08 Å². The van der Waals surface area contributed by atoms with Gasteiger partial charge in [0.15, 0.2) is 6.10 Å². The minimum Gasteiger partial charge on any atom is -0.448 e. The Hall–Kier alpha value is -2.55. The van der Waals surface area contributed by atoms with Gasteiger partial charge in [-0.2, -0.15) is 5.26 Å². The normalized spacial score (nSPS) is 16.0. The molecule has 27 heavy (non-hydrogen) atoms.